The lowest BCUT2D eigenvalue weighted by Crippen LogP contribution is -2.25. The molecule has 1 aliphatic rings. The summed E-state index contributed by atoms with van der Waals surface area (Å²) < 4.78 is 5.24. The fraction of sp³-hybridized carbons (Fsp3) is 0.500. The molecule has 1 aromatic carbocycles. The number of benzene rings is 1. The van der Waals surface area contributed by atoms with Gasteiger partial charge in [-0.3, -0.25) is 4.79 Å². The fourth-order valence-electron chi connectivity index (χ4n) is 2.74. The molecule has 1 aromatic rings. The van der Waals surface area contributed by atoms with E-state index in [1.165, 1.54) is 0 Å². The maximum absolute atomic E-state index is 12.6. The molecule has 18 heavy (non-hydrogen) atoms. The Kier molecular flexibility index (Phi) is 4.25. The van der Waals surface area contributed by atoms with Crippen molar-refractivity contribution in [2.75, 3.05) is 13.7 Å². The number of halogens is 1. The minimum absolute atomic E-state index is 0.0161. The van der Waals surface area contributed by atoms with Gasteiger partial charge in [0.25, 0.3) is 0 Å². The van der Waals surface area contributed by atoms with Gasteiger partial charge < -0.3 is 10.5 Å². The zero-order valence-electron chi connectivity index (χ0n) is 10.5. The lowest BCUT2D eigenvalue weighted by molar-refractivity contribution is 0.0890. The molecule has 0 spiro atoms. The number of methoxy groups -OCH3 is 1. The molecule has 2 N–H and O–H groups in total. The van der Waals surface area contributed by atoms with Gasteiger partial charge in [-0.15, -0.1) is 0 Å². The third kappa shape index (κ3) is 2.52. The van der Waals surface area contributed by atoms with Gasteiger partial charge in [0, 0.05) is 10.9 Å². The van der Waals surface area contributed by atoms with E-state index in [1.807, 2.05) is 0 Å². The molecular formula is C14H18ClNO2. The zero-order chi connectivity index (χ0) is 13.1. The number of carbonyl (C=O) groups is 1. The van der Waals surface area contributed by atoms with Crippen LogP contribution in [0.1, 0.15) is 29.6 Å². The lowest BCUT2D eigenvalue weighted by atomic mass is 9.88. The third-order valence-corrected chi connectivity index (χ3v) is 3.96. The van der Waals surface area contributed by atoms with Crippen LogP contribution in [0.4, 0.5) is 0 Å². The molecule has 0 bridgehead atoms. The van der Waals surface area contributed by atoms with Gasteiger partial charge in [-0.25, -0.2) is 0 Å². The van der Waals surface area contributed by atoms with E-state index in [-0.39, 0.29) is 11.7 Å². The smallest absolute Gasteiger partial charge is 0.170 e. The highest BCUT2D eigenvalue weighted by Crippen LogP contribution is 2.36. The van der Waals surface area contributed by atoms with E-state index in [0.717, 1.165) is 19.3 Å². The lowest BCUT2D eigenvalue weighted by Gasteiger charge is -2.18. The van der Waals surface area contributed by atoms with Crippen LogP contribution >= 0.6 is 11.6 Å². The molecule has 2 rings (SSSR count). The second-order valence-electron chi connectivity index (χ2n) is 4.74. The van der Waals surface area contributed by atoms with Gasteiger partial charge in [0.05, 0.1) is 12.7 Å². The summed E-state index contributed by atoms with van der Waals surface area (Å²) in [6, 6.07) is 5.16. The SMILES string of the molecule is COc1ccc(Cl)cc1C(=O)C1CCCC1CN. The van der Waals surface area contributed by atoms with E-state index < -0.39 is 0 Å². The number of carbonyl (C=O) groups excluding carboxylic acids is 1. The van der Waals surface area contributed by atoms with Crippen LogP contribution in [0.15, 0.2) is 18.2 Å². The van der Waals surface area contributed by atoms with E-state index in [1.54, 1.807) is 25.3 Å². The molecule has 0 heterocycles. The highest BCUT2D eigenvalue weighted by Gasteiger charge is 2.33. The molecule has 0 aliphatic heterocycles. The van der Waals surface area contributed by atoms with Crippen molar-refractivity contribution in [3.8, 4) is 5.75 Å². The summed E-state index contributed by atoms with van der Waals surface area (Å²) in [7, 11) is 1.56. The first-order valence-electron chi connectivity index (χ1n) is 6.25. The first kappa shape index (κ1) is 13.4. The Hall–Kier alpha value is -1.06. The topological polar surface area (TPSA) is 52.3 Å². The molecule has 2 atom stereocenters. The summed E-state index contributed by atoms with van der Waals surface area (Å²) in [6.07, 6.45) is 3.02. The Labute approximate surface area is 112 Å². The Bertz CT molecular complexity index is 447. The largest absolute Gasteiger partial charge is 0.496 e. The van der Waals surface area contributed by atoms with Gasteiger partial charge in [-0.1, -0.05) is 18.0 Å². The monoisotopic (exact) mass is 267 g/mol. The molecule has 0 aromatic heterocycles. The number of ether oxygens (including phenoxy) is 1. The summed E-state index contributed by atoms with van der Waals surface area (Å²) in [6.45, 7) is 0.569. The van der Waals surface area contributed by atoms with Gasteiger partial charge in [0.1, 0.15) is 5.75 Å². The first-order valence-corrected chi connectivity index (χ1v) is 6.63. The second-order valence-corrected chi connectivity index (χ2v) is 5.18. The first-order chi connectivity index (χ1) is 8.67. The zero-order valence-corrected chi connectivity index (χ0v) is 11.2. The number of hydrogen-bond acceptors (Lipinski definition) is 3. The molecule has 98 valence electrons. The van der Waals surface area contributed by atoms with Crippen LogP contribution in [0.2, 0.25) is 5.02 Å². The van der Waals surface area contributed by atoms with Crippen molar-refractivity contribution in [3.63, 3.8) is 0 Å². The van der Waals surface area contributed by atoms with Gasteiger partial charge in [0.15, 0.2) is 5.78 Å². The molecular weight excluding hydrogens is 250 g/mol. The Morgan fingerprint density at radius 1 is 1.50 bits per heavy atom. The molecule has 2 unspecified atom stereocenters. The summed E-state index contributed by atoms with van der Waals surface area (Å²) >= 11 is 5.96. The van der Waals surface area contributed by atoms with E-state index in [2.05, 4.69) is 0 Å². The van der Waals surface area contributed by atoms with E-state index in [0.29, 0.717) is 28.8 Å². The third-order valence-electron chi connectivity index (χ3n) is 3.73. The van der Waals surface area contributed by atoms with Gasteiger partial charge in [0.2, 0.25) is 0 Å². The number of rotatable bonds is 4. The van der Waals surface area contributed by atoms with Gasteiger partial charge >= 0.3 is 0 Å². The molecule has 4 heteroatoms. The maximum atomic E-state index is 12.6. The van der Waals surface area contributed by atoms with Crippen molar-refractivity contribution in [1.82, 2.24) is 0 Å². The Balaban J connectivity index is 2.30. The van der Waals surface area contributed by atoms with Crippen LogP contribution < -0.4 is 10.5 Å². The van der Waals surface area contributed by atoms with Gasteiger partial charge in [-0.05, 0) is 43.5 Å². The van der Waals surface area contributed by atoms with Crippen LogP contribution in [-0.2, 0) is 0 Å². The highest BCUT2D eigenvalue weighted by molar-refractivity contribution is 6.31. The number of ketones is 1. The van der Waals surface area contributed by atoms with Crippen LogP contribution in [0.3, 0.4) is 0 Å². The summed E-state index contributed by atoms with van der Waals surface area (Å²) in [5, 5.41) is 0.557. The van der Waals surface area contributed by atoms with Crippen LogP contribution in [-0.4, -0.2) is 19.4 Å². The number of nitrogens with two attached hydrogens (primary N) is 1. The Morgan fingerprint density at radius 2 is 2.28 bits per heavy atom. The quantitative estimate of drug-likeness (QED) is 0.854. The van der Waals surface area contributed by atoms with Crippen molar-refractivity contribution in [3.05, 3.63) is 28.8 Å². The average molecular weight is 268 g/mol. The second kappa shape index (κ2) is 5.72. The van der Waals surface area contributed by atoms with Crippen molar-refractivity contribution in [2.45, 2.75) is 19.3 Å². The summed E-state index contributed by atoms with van der Waals surface area (Å²) in [4.78, 5) is 12.6. The number of Topliss-reactive ketones (excluding diaryl/α,β-unsaturated/α-hetero) is 1. The molecule has 0 radical (unpaired) electrons. The molecule has 1 fully saturated rings. The molecule has 3 nitrogen and oxygen atoms in total. The highest BCUT2D eigenvalue weighted by atomic mass is 35.5. The summed E-state index contributed by atoms with van der Waals surface area (Å²) in [5.74, 6) is 1.01. The van der Waals surface area contributed by atoms with Crippen LogP contribution in [0, 0.1) is 11.8 Å². The Morgan fingerprint density at radius 3 is 2.94 bits per heavy atom. The van der Waals surface area contributed by atoms with Crippen molar-refractivity contribution in [1.29, 1.82) is 0 Å². The van der Waals surface area contributed by atoms with Gasteiger partial charge in [-0.2, -0.15) is 0 Å². The molecule has 1 aliphatic carbocycles. The predicted molar refractivity (Wildman–Crippen MR) is 72.2 cm³/mol. The summed E-state index contributed by atoms with van der Waals surface area (Å²) in [5.41, 5.74) is 6.31. The fourth-order valence-corrected chi connectivity index (χ4v) is 2.91. The standard InChI is InChI=1S/C14H18ClNO2/c1-18-13-6-5-10(15)7-12(13)14(17)11-4-2-3-9(11)8-16/h5-7,9,11H,2-4,8,16H2,1H3. The van der Waals surface area contributed by atoms with E-state index in [4.69, 9.17) is 22.1 Å². The van der Waals surface area contributed by atoms with Crippen molar-refractivity contribution < 1.29 is 9.53 Å². The molecule has 0 saturated heterocycles. The minimum atomic E-state index is 0.0161. The van der Waals surface area contributed by atoms with Crippen molar-refractivity contribution in [2.24, 2.45) is 17.6 Å². The average Bonchev–Trinajstić information content (AvgIpc) is 2.86. The molecule has 1 saturated carbocycles. The van der Waals surface area contributed by atoms with Crippen LogP contribution in [0.5, 0.6) is 5.75 Å². The van der Waals surface area contributed by atoms with E-state index in [9.17, 15) is 4.79 Å². The van der Waals surface area contributed by atoms with Crippen molar-refractivity contribution >= 4 is 17.4 Å². The number of hydrogen-bond donors (Lipinski definition) is 1. The normalized spacial score (nSPS) is 23.1. The minimum Gasteiger partial charge on any atom is -0.496 e. The van der Waals surface area contributed by atoms with Crippen LogP contribution in [0.25, 0.3) is 0 Å². The molecule has 0 amide bonds. The predicted octanol–water partition coefficient (Wildman–Crippen LogP) is 2.91. The van der Waals surface area contributed by atoms with E-state index >= 15 is 0 Å². The maximum Gasteiger partial charge on any atom is 0.170 e.